The first-order valence-electron chi connectivity index (χ1n) is 4.78. The van der Waals surface area contributed by atoms with Crippen molar-refractivity contribution in [1.82, 2.24) is 4.31 Å². The normalized spacial score (nSPS) is 21.3. The summed E-state index contributed by atoms with van der Waals surface area (Å²) in [7, 11) is -1.61. The lowest BCUT2D eigenvalue weighted by molar-refractivity contribution is 0.214. The Hall–Kier alpha value is -0.170. The minimum Gasteiger partial charge on any atom is -0.384 e. The molecule has 0 saturated carbocycles. The molecule has 14 heavy (non-hydrogen) atoms. The molecule has 0 aromatic carbocycles. The van der Waals surface area contributed by atoms with E-state index in [0.29, 0.717) is 13.1 Å². The third kappa shape index (κ3) is 3.20. The molecule has 0 aromatic heterocycles. The Morgan fingerprint density at radius 2 is 2.00 bits per heavy atom. The summed E-state index contributed by atoms with van der Waals surface area (Å²) in [5, 5.41) is 0. The van der Waals surface area contributed by atoms with E-state index in [0.717, 1.165) is 12.8 Å². The second-order valence-corrected chi connectivity index (χ2v) is 5.63. The fourth-order valence-corrected chi connectivity index (χ4v) is 2.87. The Bertz CT molecular complexity index is 258. The van der Waals surface area contributed by atoms with Crippen LogP contribution in [0, 0.1) is 0 Å². The quantitative estimate of drug-likeness (QED) is 0.688. The average Bonchev–Trinajstić information content (AvgIpc) is 2.16. The van der Waals surface area contributed by atoms with Crippen LogP contribution in [-0.2, 0) is 14.8 Å². The second-order valence-electron chi connectivity index (χ2n) is 3.55. The predicted octanol–water partition coefficient (Wildman–Crippen LogP) is -0.614. The predicted molar refractivity (Wildman–Crippen MR) is 54.4 cm³/mol. The highest BCUT2D eigenvalue weighted by Gasteiger charge is 2.25. The number of rotatable bonds is 4. The maximum atomic E-state index is 11.7. The van der Waals surface area contributed by atoms with Crippen molar-refractivity contribution in [1.29, 1.82) is 0 Å². The lowest BCUT2D eigenvalue weighted by Crippen LogP contribution is -2.44. The zero-order valence-electron chi connectivity index (χ0n) is 8.48. The van der Waals surface area contributed by atoms with Crippen molar-refractivity contribution in [3.05, 3.63) is 0 Å². The molecule has 84 valence electrons. The fourth-order valence-electron chi connectivity index (χ4n) is 1.47. The van der Waals surface area contributed by atoms with Gasteiger partial charge in [-0.25, -0.2) is 12.7 Å². The minimum atomic E-state index is -3.12. The molecule has 0 spiro atoms. The molecule has 1 saturated heterocycles. The van der Waals surface area contributed by atoms with E-state index in [9.17, 15) is 8.42 Å². The van der Waals surface area contributed by atoms with Crippen LogP contribution in [0.2, 0.25) is 0 Å². The number of hydrogen-bond acceptors (Lipinski definition) is 4. The van der Waals surface area contributed by atoms with Crippen molar-refractivity contribution in [2.75, 3.05) is 32.6 Å². The van der Waals surface area contributed by atoms with Crippen LogP contribution in [0.15, 0.2) is 0 Å². The maximum absolute atomic E-state index is 11.7. The monoisotopic (exact) mass is 222 g/mol. The lowest BCUT2D eigenvalue weighted by Gasteiger charge is -2.29. The molecule has 0 aliphatic carbocycles. The Labute approximate surface area is 85.3 Å². The number of ether oxygens (including phenoxy) is 1. The molecule has 1 fully saturated rings. The first-order chi connectivity index (χ1) is 6.56. The van der Waals surface area contributed by atoms with Gasteiger partial charge in [0.05, 0.1) is 12.4 Å². The van der Waals surface area contributed by atoms with Crippen LogP contribution in [-0.4, -0.2) is 51.3 Å². The highest BCUT2D eigenvalue weighted by Crippen LogP contribution is 2.12. The zero-order valence-corrected chi connectivity index (χ0v) is 9.29. The second kappa shape index (κ2) is 5.06. The molecule has 0 radical (unpaired) electrons. The maximum Gasteiger partial charge on any atom is 0.216 e. The van der Waals surface area contributed by atoms with Gasteiger partial charge in [0.15, 0.2) is 0 Å². The molecule has 1 aliphatic heterocycles. The van der Waals surface area contributed by atoms with Crippen molar-refractivity contribution in [2.45, 2.75) is 18.9 Å². The standard InChI is InChI=1S/C8H18N2O3S/c1-13-6-7-14(11,12)10-4-2-8(9)3-5-10/h8H,2-7,9H2,1H3. The summed E-state index contributed by atoms with van der Waals surface area (Å²) in [5.41, 5.74) is 5.69. The highest BCUT2D eigenvalue weighted by atomic mass is 32.2. The van der Waals surface area contributed by atoms with Gasteiger partial charge in [-0.3, -0.25) is 0 Å². The zero-order chi connectivity index (χ0) is 10.6. The van der Waals surface area contributed by atoms with Gasteiger partial charge >= 0.3 is 0 Å². The van der Waals surface area contributed by atoms with Crippen molar-refractivity contribution < 1.29 is 13.2 Å². The fraction of sp³-hybridized carbons (Fsp3) is 1.00. The lowest BCUT2D eigenvalue weighted by atomic mass is 10.1. The number of methoxy groups -OCH3 is 1. The van der Waals surface area contributed by atoms with E-state index in [1.54, 1.807) is 0 Å². The third-order valence-corrected chi connectivity index (χ3v) is 4.27. The molecular formula is C8H18N2O3S. The first-order valence-corrected chi connectivity index (χ1v) is 6.39. The van der Waals surface area contributed by atoms with Crippen LogP contribution in [0.3, 0.4) is 0 Å². The van der Waals surface area contributed by atoms with Crippen molar-refractivity contribution >= 4 is 10.0 Å². The Balaban J connectivity index is 2.47. The van der Waals surface area contributed by atoms with Crippen molar-refractivity contribution in [3.8, 4) is 0 Å². The van der Waals surface area contributed by atoms with Crippen LogP contribution in [0.5, 0.6) is 0 Å². The van der Waals surface area contributed by atoms with E-state index in [4.69, 9.17) is 10.5 Å². The number of hydrogen-bond donors (Lipinski definition) is 1. The van der Waals surface area contributed by atoms with Crippen molar-refractivity contribution in [2.24, 2.45) is 5.73 Å². The third-order valence-electron chi connectivity index (χ3n) is 2.44. The summed E-state index contributed by atoms with van der Waals surface area (Å²) in [4.78, 5) is 0. The average molecular weight is 222 g/mol. The number of nitrogens with zero attached hydrogens (tertiary/aromatic N) is 1. The summed E-state index contributed by atoms with van der Waals surface area (Å²) in [5.74, 6) is 0.0682. The summed E-state index contributed by atoms with van der Waals surface area (Å²) in [6.07, 6.45) is 1.51. The van der Waals surface area contributed by atoms with Gasteiger partial charge in [-0.2, -0.15) is 0 Å². The number of sulfonamides is 1. The van der Waals surface area contributed by atoms with Gasteiger partial charge < -0.3 is 10.5 Å². The molecule has 1 aliphatic rings. The van der Waals surface area contributed by atoms with Gasteiger partial charge in [0.1, 0.15) is 0 Å². The Morgan fingerprint density at radius 1 is 1.43 bits per heavy atom. The largest absolute Gasteiger partial charge is 0.384 e. The smallest absolute Gasteiger partial charge is 0.216 e. The van der Waals surface area contributed by atoms with E-state index in [2.05, 4.69) is 0 Å². The molecule has 0 aromatic rings. The van der Waals surface area contributed by atoms with Crippen LogP contribution >= 0.6 is 0 Å². The summed E-state index contributed by atoms with van der Waals surface area (Å²) in [6.45, 7) is 1.35. The summed E-state index contributed by atoms with van der Waals surface area (Å²) < 4.78 is 29.6. The van der Waals surface area contributed by atoms with Gasteiger partial charge in [0.25, 0.3) is 0 Å². The Morgan fingerprint density at radius 3 is 2.50 bits per heavy atom. The topological polar surface area (TPSA) is 72.6 Å². The molecule has 0 bridgehead atoms. The number of nitrogens with two attached hydrogens (primary N) is 1. The van der Waals surface area contributed by atoms with Crippen LogP contribution in [0.25, 0.3) is 0 Å². The van der Waals surface area contributed by atoms with Gasteiger partial charge in [0, 0.05) is 26.2 Å². The molecule has 2 N–H and O–H groups in total. The molecule has 1 heterocycles. The van der Waals surface area contributed by atoms with Gasteiger partial charge in [-0.1, -0.05) is 0 Å². The molecule has 6 heteroatoms. The molecule has 0 unspecified atom stereocenters. The van der Waals surface area contributed by atoms with Gasteiger partial charge in [-0.05, 0) is 12.8 Å². The van der Waals surface area contributed by atoms with Gasteiger partial charge in [0.2, 0.25) is 10.0 Å². The molecule has 0 amide bonds. The van der Waals surface area contributed by atoms with E-state index >= 15 is 0 Å². The SMILES string of the molecule is COCCS(=O)(=O)N1CCC(N)CC1. The van der Waals surface area contributed by atoms with Crippen LogP contribution in [0.1, 0.15) is 12.8 Å². The Kier molecular flexibility index (Phi) is 4.31. The summed E-state index contributed by atoms with van der Waals surface area (Å²) >= 11 is 0. The van der Waals surface area contributed by atoms with E-state index in [-0.39, 0.29) is 18.4 Å². The van der Waals surface area contributed by atoms with E-state index < -0.39 is 10.0 Å². The first kappa shape index (κ1) is 11.9. The van der Waals surface area contributed by atoms with Crippen LogP contribution in [0.4, 0.5) is 0 Å². The minimum absolute atomic E-state index is 0.0682. The summed E-state index contributed by atoms with van der Waals surface area (Å²) in [6, 6.07) is 0.156. The van der Waals surface area contributed by atoms with Crippen LogP contribution < -0.4 is 5.73 Å². The molecule has 1 rings (SSSR count). The van der Waals surface area contributed by atoms with E-state index in [1.807, 2.05) is 0 Å². The highest BCUT2D eigenvalue weighted by molar-refractivity contribution is 7.89. The van der Waals surface area contributed by atoms with Gasteiger partial charge in [-0.15, -0.1) is 0 Å². The molecular weight excluding hydrogens is 204 g/mol. The van der Waals surface area contributed by atoms with Crippen molar-refractivity contribution in [3.63, 3.8) is 0 Å². The molecule has 5 nitrogen and oxygen atoms in total. The number of piperidine rings is 1. The van der Waals surface area contributed by atoms with E-state index in [1.165, 1.54) is 11.4 Å². The molecule has 0 atom stereocenters.